The molecule has 2 aliphatic rings. The summed E-state index contributed by atoms with van der Waals surface area (Å²) in [5.41, 5.74) is 2.32. The van der Waals surface area contributed by atoms with Gasteiger partial charge in [0.25, 0.3) is 5.91 Å². The number of morpholine rings is 1. The number of anilines is 1. The van der Waals surface area contributed by atoms with Gasteiger partial charge in [-0.3, -0.25) is 9.36 Å². The van der Waals surface area contributed by atoms with Crippen LogP contribution in [0, 0.1) is 0 Å². The molecule has 1 amide bonds. The van der Waals surface area contributed by atoms with Gasteiger partial charge in [0.1, 0.15) is 29.0 Å². The third-order valence-electron chi connectivity index (χ3n) is 10.2. The molecule has 55 heavy (non-hydrogen) atoms. The fourth-order valence-electron chi connectivity index (χ4n) is 7.66. The van der Waals surface area contributed by atoms with Crippen LogP contribution >= 0.6 is 0 Å². The highest BCUT2D eigenvalue weighted by atomic mass is 28.4. The molecule has 13 heteroatoms. The minimum atomic E-state index is -2.13. The second kappa shape index (κ2) is 14.7. The number of fused-ring (bicyclic) bond motifs is 3. The van der Waals surface area contributed by atoms with E-state index in [1.165, 1.54) is 6.33 Å². The lowest BCUT2D eigenvalue weighted by molar-refractivity contribution is -0.159. The number of nitrogens with zero attached hydrogens (tertiary/aromatic N) is 4. The summed E-state index contributed by atoms with van der Waals surface area (Å²) >= 11 is 0. The van der Waals surface area contributed by atoms with E-state index in [2.05, 4.69) is 57.4 Å². The van der Waals surface area contributed by atoms with Crippen molar-refractivity contribution in [1.82, 2.24) is 24.8 Å². The predicted molar refractivity (Wildman–Crippen MR) is 211 cm³/mol. The van der Waals surface area contributed by atoms with Crippen LogP contribution in [0.4, 0.5) is 5.82 Å². The molecule has 4 aromatic carbocycles. The van der Waals surface area contributed by atoms with Gasteiger partial charge in [-0.05, 0) is 72.7 Å². The first-order valence-electron chi connectivity index (χ1n) is 18.3. The maximum Gasteiger partial charge on any atom is 0.256 e. The van der Waals surface area contributed by atoms with Gasteiger partial charge in [0.15, 0.2) is 31.5 Å². The molecule has 0 radical (unpaired) electrons. The predicted octanol–water partition coefficient (Wildman–Crippen LogP) is 6.56. The summed E-state index contributed by atoms with van der Waals surface area (Å²) in [6, 6.07) is 34.9. The topological polar surface area (TPSA) is 131 Å². The molecule has 8 rings (SSSR count). The Balaban J connectivity index is 1.19. The van der Waals surface area contributed by atoms with Crippen LogP contribution in [-0.2, 0) is 19.5 Å². The summed E-state index contributed by atoms with van der Waals surface area (Å²) in [5.74, 6) is 1.51. The third-order valence-corrected chi connectivity index (χ3v) is 11.2. The van der Waals surface area contributed by atoms with Gasteiger partial charge < -0.3 is 34.0 Å². The normalized spacial score (nSPS) is 20.8. The average Bonchev–Trinajstić information content (AvgIpc) is 3.88. The van der Waals surface area contributed by atoms with Crippen LogP contribution in [0.2, 0.25) is 19.6 Å². The highest BCUT2D eigenvalue weighted by molar-refractivity contribution is 6.69. The maximum absolute atomic E-state index is 13.1. The van der Waals surface area contributed by atoms with E-state index in [-0.39, 0.29) is 24.7 Å². The first-order valence-corrected chi connectivity index (χ1v) is 21.7. The molecule has 0 aliphatic carbocycles. The fraction of sp³-hybridized carbons (Fsp3) is 0.286. The molecule has 2 saturated heterocycles. The molecular weight excluding hydrogens is 713 g/mol. The monoisotopic (exact) mass is 756 g/mol. The summed E-state index contributed by atoms with van der Waals surface area (Å²) in [6.07, 6.45) is 2.20. The van der Waals surface area contributed by atoms with Crippen LogP contribution in [0.3, 0.4) is 0 Å². The molecule has 282 valence electrons. The largest absolute Gasteiger partial charge is 0.497 e. The molecule has 0 spiro atoms. The number of ether oxygens (including phenoxy) is 4. The minimum Gasteiger partial charge on any atom is -0.497 e. The zero-order chi connectivity index (χ0) is 38.2. The van der Waals surface area contributed by atoms with Gasteiger partial charge in [-0.15, -0.1) is 0 Å². The number of benzene rings is 4. The molecule has 2 bridgehead atoms. The Morgan fingerprint density at radius 1 is 0.855 bits per heavy atom. The number of carbonyl (C=O) groups excluding carboxylic acids is 1. The third kappa shape index (κ3) is 6.78. The van der Waals surface area contributed by atoms with Crippen molar-refractivity contribution in [3.63, 3.8) is 0 Å². The Kier molecular flexibility index (Phi) is 9.74. The Bertz CT molecular complexity index is 2220. The first-order chi connectivity index (χ1) is 26.6. The Hall–Kier alpha value is -5.44. The molecule has 0 saturated carbocycles. The number of methoxy groups -OCH3 is 2. The molecular formula is C42H44N6O6Si. The van der Waals surface area contributed by atoms with Crippen molar-refractivity contribution in [2.45, 2.75) is 49.2 Å². The highest BCUT2D eigenvalue weighted by Crippen LogP contribution is 2.48. The van der Waals surface area contributed by atoms with E-state index in [0.29, 0.717) is 29.1 Å². The number of hydrogen-bond donors (Lipinski definition) is 2. The van der Waals surface area contributed by atoms with Gasteiger partial charge in [0, 0.05) is 12.1 Å². The van der Waals surface area contributed by atoms with Gasteiger partial charge in [-0.25, -0.2) is 15.0 Å². The zero-order valence-electron chi connectivity index (χ0n) is 31.4. The SMILES string of the molecule is COc1ccc(C(OC[C@@]23CN[C@@H]([C@H](n4cnc5c(NC(=O)c6ccccc6)ncnc54)O2)[C@@H]3O[Si](C)(C)C)(c2ccccc2)c2ccc(OC)cc2)cc1. The Morgan fingerprint density at radius 3 is 2.05 bits per heavy atom. The lowest BCUT2D eigenvalue weighted by atomic mass is 9.79. The van der Waals surface area contributed by atoms with Gasteiger partial charge >= 0.3 is 0 Å². The summed E-state index contributed by atoms with van der Waals surface area (Å²) in [6.45, 7) is 7.21. The van der Waals surface area contributed by atoms with Crippen molar-refractivity contribution in [2.75, 3.05) is 32.7 Å². The molecule has 2 N–H and O–H groups in total. The second-order valence-corrected chi connectivity index (χ2v) is 19.3. The van der Waals surface area contributed by atoms with E-state index in [9.17, 15) is 4.79 Å². The quantitative estimate of drug-likeness (QED) is 0.0987. The molecule has 2 aromatic heterocycles. The van der Waals surface area contributed by atoms with Crippen molar-refractivity contribution in [1.29, 1.82) is 0 Å². The van der Waals surface area contributed by atoms with E-state index >= 15 is 0 Å². The lowest BCUT2D eigenvalue weighted by Crippen LogP contribution is -2.52. The van der Waals surface area contributed by atoms with Crippen molar-refractivity contribution in [3.8, 4) is 11.5 Å². The van der Waals surface area contributed by atoms with E-state index in [1.54, 1.807) is 32.7 Å². The van der Waals surface area contributed by atoms with E-state index in [1.807, 2.05) is 89.5 Å². The fourth-order valence-corrected chi connectivity index (χ4v) is 8.78. The van der Waals surface area contributed by atoms with Crippen LogP contribution in [0.15, 0.2) is 122 Å². The van der Waals surface area contributed by atoms with Crippen LogP contribution in [0.25, 0.3) is 11.2 Å². The van der Waals surface area contributed by atoms with Crippen molar-refractivity contribution in [3.05, 3.63) is 144 Å². The molecule has 6 aromatic rings. The van der Waals surface area contributed by atoms with Crippen LogP contribution in [-0.4, -0.2) is 78.9 Å². The summed E-state index contributed by atoms with van der Waals surface area (Å²) < 4.78 is 34.6. The zero-order valence-corrected chi connectivity index (χ0v) is 32.4. The Morgan fingerprint density at radius 2 is 1.45 bits per heavy atom. The number of amides is 1. The molecule has 12 nitrogen and oxygen atoms in total. The number of hydrogen-bond acceptors (Lipinski definition) is 10. The maximum atomic E-state index is 13.1. The number of rotatable bonds is 13. The van der Waals surface area contributed by atoms with Crippen LogP contribution in [0.1, 0.15) is 33.3 Å². The molecule has 4 heterocycles. The van der Waals surface area contributed by atoms with Gasteiger partial charge in [0.2, 0.25) is 0 Å². The molecule has 2 fully saturated rings. The average molecular weight is 757 g/mol. The van der Waals surface area contributed by atoms with Gasteiger partial charge in [-0.1, -0.05) is 72.8 Å². The van der Waals surface area contributed by atoms with E-state index in [4.69, 9.17) is 23.4 Å². The van der Waals surface area contributed by atoms with Gasteiger partial charge in [-0.2, -0.15) is 0 Å². The van der Waals surface area contributed by atoms with Crippen molar-refractivity contribution < 1.29 is 28.2 Å². The molecule has 4 atom stereocenters. The van der Waals surface area contributed by atoms with Gasteiger partial charge in [0.05, 0.1) is 39.3 Å². The smallest absolute Gasteiger partial charge is 0.256 e. The molecule has 2 aliphatic heterocycles. The number of nitrogens with one attached hydrogen (secondary N) is 2. The molecule has 0 unspecified atom stereocenters. The first kappa shape index (κ1) is 36.5. The standard InChI is InChI=1S/C42H44N6O6Si/c1-50-32-20-16-30(17-21-32)42(29-14-10-7-11-15-29,31-18-22-33(51-2)23-19-31)52-25-41-24-43-34(36(41)54-55(3,4)5)40(53-41)48-27-46-35-37(44-26-45-38(35)48)47-39(49)28-12-8-6-9-13-28/h6-23,26-27,34,36,40,43H,24-25H2,1-5H3,(H,44,45,47,49)/t34-,36+,40-,41-/m1/s1. The summed E-state index contributed by atoms with van der Waals surface area (Å²) in [4.78, 5) is 26.8. The summed E-state index contributed by atoms with van der Waals surface area (Å²) in [7, 11) is 1.19. The number of aromatic nitrogens is 4. The van der Waals surface area contributed by atoms with Crippen LogP contribution in [0.5, 0.6) is 11.5 Å². The van der Waals surface area contributed by atoms with Crippen LogP contribution < -0.4 is 20.1 Å². The minimum absolute atomic E-state index is 0.176. The van der Waals surface area contributed by atoms with E-state index in [0.717, 1.165) is 28.2 Å². The highest BCUT2D eigenvalue weighted by Gasteiger charge is 2.63. The lowest BCUT2D eigenvalue weighted by Gasteiger charge is -2.41. The number of imidazole rings is 1. The second-order valence-electron chi connectivity index (χ2n) is 14.8. The Labute approximate surface area is 320 Å². The van der Waals surface area contributed by atoms with E-state index < -0.39 is 25.7 Å². The number of carbonyl (C=O) groups is 1. The van der Waals surface area contributed by atoms with Crippen molar-refractivity contribution in [2.24, 2.45) is 0 Å². The van der Waals surface area contributed by atoms with Crippen molar-refractivity contribution >= 4 is 31.2 Å². The summed E-state index contributed by atoms with van der Waals surface area (Å²) in [5, 5.41) is 6.63.